The Morgan fingerprint density at radius 2 is 1.73 bits per heavy atom. The first-order chi connectivity index (χ1) is 17.7. The van der Waals surface area contributed by atoms with Crippen LogP contribution in [0.15, 0.2) is 76.9 Å². The number of nitrogens with zero attached hydrogens (tertiary/aromatic N) is 1. The van der Waals surface area contributed by atoms with Gasteiger partial charge in [-0.2, -0.15) is 0 Å². The average Bonchev–Trinajstić information content (AvgIpc) is 3.13. The number of ketones is 2. The number of hydrogen-bond acceptors (Lipinski definition) is 5. The lowest BCUT2D eigenvalue weighted by atomic mass is 9.59. The second kappa shape index (κ2) is 8.35. The lowest BCUT2D eigenvalue weighted by Crippen LogP contribution is -2.39. The quantitative estimate of drug-likeness (QED) is 0.350. The smallest absolute Gasteiger partial charge is 0.238 e. The third-order valence-corrected chi connectivity index (χ3v) is 8.20. The molecule has 0 unspecified atom stereocenters. The normalized spacial score (nSPS) is 27.1. The van der Waals surface area contributed by atoms with Gasteiger partial charge in [-0.3, -0.25) is 24.1 Å². The number of aromatic hydroxyl groups is 1. The molecule has 0 saturated carbocycles. The van der Waals surface area contributed by atoms with Gasteiger partial charge in [-0.1, -0.05) is 29.3 Å². The highest BCUT2D eigenvalue weighted by Crippen LogP contribution is 2.55. The van der Waals surface area contributed by atoms with Crippen molar-refractivity contribution in [2.45, 2.75) is 25.7 Å². The molecular weight excluding hydrogens is 497 g/mol. The average molecular weight is 518 g/mol. The number of Topliss-reactive ketones (excluding diaryl/α,β-unsaturated/α-hetero) is 1. The van der Waals surface area contributed by atoms with E-state index in [4.69, 9.17) is 11.6 Å². The number of halogens is 2. The van der Waals surface area contributed by atoms with Gasteiger partial charge in [0.05, 0.1) is 17.5 Å². The van der Waals surface area contributed by atoms with Crippen molar-refractivity contribution in [2.75, 3.05) is 4.90 Å². The van der Waals surface area contributed by atoms with Crippen LogP contribution in [0, 0.1) is 23.6 Å². The number of rotatable bonds is 2. The second-order valence-electron chi connectivity index (χ2n) is 9.93. The molecule has 6 nitrogen and oxygen atoms in total. The van der Waals surface area contributed by atoms with Gasteiger partial charge in [0.15, 0.2) is 23.1 Å². The standard InChI is InChI=1S/C29H21ClFNO5/c1-13-10-23(34)26-20(27(13)35)12-19-17(24(26)14-2-9-22(33)21(31)11-14)7-8-18-25(19)29(37)32(28(18)36)16-5-3-15(30)4-6-16/h2-7,9-11,18-19,24-25,33H,8,12H2,1H3/t18-,19+,24-,25-/m0/s1. The van der Waals surface area contributed by atoms with Crippen LogP contribution in [0.4, 0.5) is 10.1 Å². The van der Waals surface area contributed by atoms with Crippen LogP contribution in [0.3, 0.4) is 0 Å². The van der Waals surface area contributed by atoms with Crippen LogP contribution in [0.1, 0.15) is 31.2 Å². The Morgan fingerprint density at radius 1 is 1.00 bits per heavy atom. The third kappa shape index (κ3) is 3.44. The van der Waals surface area contributed by atoms with Crippen molar-refractivity contribution in [3.05, 3.63) is 93.3 Å². The van der Waals surface area contributed by atoms with Crippen molar-refractivity contribution in [1.29, 1.82) is 0 Å². The van der Waals surface area contributed by atoms with Crippen molar-refractivity contribution >= 4 is 40.7 Å². The lowest BCUT2D eigenvalue weighted by molar-refractivity contribution is -0.123. The predicted molar refractivity (Wildman–Crippen MR) is 133 cm³/mol. The molecule has 6 rings (SSSR count). The number of anilines is 1. The summed E-state index contributed by atoms with van der Waals surface area (Å²) in [6.45, 7) is 1.57. The summed E-state index contributed by atoms with van der Waals surface area (Å²) in [7, 11) is 0. The van der Waals surface area contributed by atoms with Gasteiger partial charge in [0.1, 0.15) is 0 Å². The molecule has 0 spiro atoms. The molecule has 1 saturated heterocycles. The number of fused-ring (bicyclic) bond motifs is 3. The zero-order valence-electron chi connectivity index (χ0n) is 19.7. The Morgan fingerprint density at radius 3 is 2.43 bits per heavy atom. The van der Waals surface area contributed by atoms with E-state index >= 15 is 0 Å². The number of amides is 2. The fraction of sp³-hybridized carbons (Fsp3) is 0.241. The first-order valence-corrected chi connectivity index (χ1v) is 12.4. The Hall–Kier alpha value is -3.84. The zero-order valence-corrected chi connectivity index (χ0v) is 20.5. The predicted octanol–water partition coefficient (Wildman–Crippen LogP) is 4.82. The van der Waals surface area contributed by atoms with Gasteiger partial charge >= 0.3 is 0 Å². The zero-order chi connectivity index (χ0) is 26.2. The van der Waals surface area contributed by atoms with Gasteiger partial charge in [0.25, 0.3) is 0 Å². The molecule has 186 valence electrons. The van der Waals surface area contributed by atoms with Crippen molar-refractivity contribution < 1.29 is 28.7 Å². The number of phenols is 1. The van der Waals surface area contributed by atoms with E-state index in [-0.39, 0.29) is 41.8 Å². The number of benzene rings is 2. The van der Waals surface area contributed by atoms with E-state index in [1.165, 1.54) is 23.1 Å². The van der Waals surface area contributed by atoms with E-state index in [1.807, 2.05) is 6.08 Å². The maximum absolute atomic E-state index is 14.4. The summed E-state index contributed by atoms with van der Waals surface area (Å²) in [6, 6.07) is 10.3. The van der Waals surface area contributed by atoms with E-state index < -0.39 is 35.2 Å². The number of imide groups is 1. The van der Waals surface area contributed by atoms with Crippen LogP contribution in [0.2, 0.25) is 5.02 Å². The minimum Gasteiger partial charge on any atom is -0.505 e. The molecule has 4 atom stereocenters. The van der Waals surface area contributed by atoms with E-state index in [0.29, 0.717) is 27.4 Å². The number of phenolic OH excluding ortho intramolecular Hbond substituents is 1. The summed E-state index contributed by atoms with van der Waals surface area (Å²) >= 11 is 5.99. The summed E-state index contributed by atoms with van der Waals surface area (Å²) in [5.41, 5.74) is 2.42. The van der Waals surface area contributed by atoms with Crippen molar-refractivity contribution in [3.63, 3.8) is 0 Å². The molecule has 0 radical (unpaired) electrons. The van der Waals surface area contributed by atoms with E-state index in [1.54, 1.807) is 31.2 Å². The Kier molecular flexibility index (Phi) is 5.31. The molecule has 3 aliphatic carbocycles. The van der Waals surface area contributed by atoms with Crippen LogP contribution in [-0.4, -0.2) is 28.5 Å². The summed E-state index contributed by atoms with van der Waals surface area (Å²) in [4.78, 5) is 54.8. The van der Waals surface area contributed by atoms with Gasteiger partial charge in [0.2, 0.25) is 11.8 Å². The maximum atomic E-state index is 14.4. The Balaban J connectivity index is 1.49. The third-order valence-electron chi connectivity index (χ3n) is 7.95. The van der Waals surface area contributed by atoms with Crippen LogP contribution < -0.4 is 4.90 Å². The van der Waals surface area contributed by atoms with Crippen LogP contribution in [0.25, 0.3) is 0 Å². The molecule has 2 aromatic carbocycles. The SMILES string of the molecule is CC1=CC(=O)C2=C(C[C@@H]3C(=CC[C@@H]4C(=O)N(c5ccc(Cl)cc5)C(=O)[C@@H]43)[C@@H]2c2ccc(O)c(F)c2)C1=O. The molecule has 2 amide bonds. The van der Waals surface area contributed by atoms with Crippen LogP contribution in [0.5, 0.6) is 5.75 Å². The topological polar surface area (TPSA) is 91.8 Å². The van der Waals surface area contributed by atoms with Gasteiger partial charge in [-0.15, -0.1) is 0 Å². The number of carbonyl (C=O) groups excluding carboxylic acids is 4. The molecule has 1 aliphatic heterocycles. The first-order valence-electron chi connectivity index (χ1n) is 12.0. The largest absolute Gasteiger partial charge is 0.505 e. The van der Waals surface area contributed by atoms with Crippen LogP contribution in [-0.2, 0) is 19.2 Å². The molecule has 37 heavy (non-hydrogen) atoms. The van der Waals surface area contributed by atoms with E-state index in [9.17, 15) is 28.7 Å². The summed E-state index contributed by atoms with van der Waals surface area (Å²) < 4.78 is 14.4. The highest BCUT2D eigenvalue weighted by molar-refractivity contribution is 6.31. The van der Waals surface area contributed by atoms with E-state index in [0.717, 1.165) is 11.6 Å². The molecule has 2 aromatic rings. The van der Waals surface area contributed by atoms with Crippen LogP contribution >= 0.6 is 11.6 Å². The maximum Gasteiger partial charge on any atom is 0.238 e. The summed E-state index contributed by atoms with van der Waals surface area (Å²) in [6.07, 6.45) is 3.58. The monoisotopic (exact) mass is 517 g/mol. The Labute approximate surface area is 216 Å². The number of carbonyl (C=O) groups is 4. The molecular formula is C29H21ClFNO5. The van der Waals surface area contributed by atoms with Crippen molar-refractivity contribution in [3.8, 4) is 5.75 Å². The molecule has 1 N–H and O–H groups in total. The Bertz CT molecular complexity index is 1520. The van der Waals surface area contributed by atoms with Gasteiger partial charge in [-0.05, 0) is 73.7 Å². The summed E-state index contributed by atoms with van der Waals surface area (Å²) in [5.74, 6) is -5.29. The fourth-order valence-electron chi connectivity index (χ4n) is 6.31. The van der Waals surface area contributed by atoms with Crippen molar-refractivity contribution in [2.24, 2.45) is 17.8 Å². The molecule has 8 heteroatoms. The highest BCUT2D eigenvalue weighted by Gasteiger charge is 2.56. The number of hydrogen-bond donors (Lipinski definition) is 1. The number of allylic oxidation sites excluding steroid dienone is 6. The highest BCUT2D eigenvalue weighted by atomic mass is 35.5. The molecule has 1 heterocycles. The van der Waals surface area contributed by atoms with Gasteiger partial charge in [-0.25, -0.2) is 4.39 Å². The molecule has 0 aromatic heterocycles. The minimum atomic E-state index is -0.849. The molecule has 4 aliphatic rings. The lowest BCUT2D eigenvalue weighted by Gasteiger charge is -2.42. The van der Waals surface area contributed by atoms with Crippen molar-refractivity contribution in [1.82, 2.24) is 0 Å². The van der Waals surface area contributed by atoms with Gasteiger partial charge in [0, 0.05) is 27.7 Å². The summed E-state index contributed by atoms with van der Waals surface area (Å²) in [5, 5.41) is 10.2. The molecule has 1 fully saturated rings. The minimum absolute atomic E-state index is 0.141. The first kappa shape index (κ1) is 23.6. The van der Waals surface area contributed by atoms with Gasteiger partial charge < -0.3 is 5.11 Å². The molecule has 0 bridgehead atoms. The fourth-order valence-corrected chi connectivity index (χ4v) is 6.43. The van der Waals surface area contributed by atoms with E-state index in [2.05, 4.69) is 0 Å². The second-order valence-corrected chi connectivity index (χ2v) is 10.4.